The number of nitrogens with one attached hydrogen (secondary N) is 1. The average molecular weight is 473 g/mol. The first-order valence-corrected chi connectivity index (χ1v) is 10.6. The highest BCUT2D eigenvalue weighted by Gasteiger charge is 2.31. The number of rotatable bonds is 7. The minimum Gasteiger partial charge on any atom is -0.406 e. The van der Waals surface area contributed by atoms with Gasteiger partial charge in [0.15, 0.2) is 0 Å². The van der Waals surface area contributed by atoms with Gasteiger partial charge in [-0.2, -0.15) is 0 Å². The molecule has 1 heterocycles. The number of nitrogens with zero attached hydrogens (tertiary/aromatic N) is 1. The van der Waals surface area contributed by atoms with Crippen molar-refractivity contribution in [2.45, 2.75) is 19.3 Å². The van der Waals surface area contributed by atoms with Crippen molar-refractivity contribution >= 4 is 28.4 Å². The van der Waals surface area contributed by atoms with E-state index in [1.165, 1.54) is 12.1 Å². The van der Waals surface area contributed by atoms with Gasteiger partial charge >= 0.3 is 6.36 Å². The molecule has 0 unspecified atom stereocenters. The zero-order chi connectivity index (χ0) is 23.4. The Morgan fingerprint density at radius 3 is 2.42 bits per heavy atom. The van der Waals surface area contributed by atoms with Crippen molar-refractivity contribution in [3.63, 3.8) is 0 Å². The minimum absolute atomic E-state index is 0.160. The third kappa shape index (κ3) is 5.68. The Morgan fingerprint density at radius 1 is 0.970 bits per heavy atom. The van der Waals surface area contributed by atoms with E-state index in [1.807, 2.05) is 53.1 Å². The van der Waals surface area contributed by atoms with E-state index in [4.69, 9.17) is 11.6 Å². The normalized spacial score (nSPS) is 11.5. The molecule has 4 aromatic rings. The third-order valence-electron chi connectivity index (χ3n) is 5.18. The molecule has 0 atom stereocenters. The van der Waals surface area contributed by atoms with Gasteiger partial charge < -0.3 is 14.6 Å². The van der Waals surface area contributed by atoms with Crippen LogP contribution in [0.4, 0.5) is 13.2 Å². The van der Waals surface area contributed by atoms with Crippen LogP contribution in [0, 0.1) is 0 Å². The molecule has 33 heavy (non-hydrogen) atoms. The molecule has 1 amide bonds. The van der Waals surface area contributed by atoms with Crippen LogP contribution in [0.5, 0.6) is 5.75 Å². The maximum Gasteiger partial charge on any atom is 0.573 e. The van der Waals surface area contributed by atoms with Crippen LogP contribution in [0.25, 0.3) is 10.9 Å². The molecule has 1 aromatic heterocycles. The molecule has 0 fully saturated rings. The fourth-order valence-electron chi connectivity index (χ4n) is 3.69. The van der Waals surface area contributed by atoms with Gasteiger partial charge in [0, 0.05) is 35.2 Å². The third-order valence-corrected chi connectivity index (χ3v) is 5.43. The molecule has 1 N–H and O–H groups in total. The Hall–Kier alpha value is -3.45. The summed E-state index contributed by atoms with van der Waals surface area (Å²) in [5, 5.41) is 4.26. The maximum absolute atomic E-state index is 12.9. The fourth-order valence-corrected chi connectivity index (χ4v) is 3.81. The molecular weight excluding hydrogens is 453 g/mol. The molecule has 3 aromatic carbocycles. The van der Waals surface area contributed by atoms with E-state index < -0.39 is 6.36 Å². The lowest BCUT2D eigenvalue weighted by molar-refractivity contribution is -0.274. The van der Waals surface area contributed by atoms with E-state index in [1.54, 1.807) is 18.3 Å². The molecule has 0 radical (unpaired) electrons. The highest BCUT2D eigenvalue weighted by molar-refractivity contribution is 6.30. The maximum atomic E-state index is 12.9. The lowest BCUT2D eigenvalue weighted by atomic mass is 10.1. The Morgan fingerprint density at radius 2 is 1.67 bits per heavy atom. The largest absolute Gasteiger partial charge is 0.573 e. The van der Waals surface area contributed by atoms with Gasteiger partial charge in [-0.15, -0.1) is 13.2 Å². The summed E-state index contributed by atoms with van der Waals surface area (Å²) in [6.45, 7) is 0.723. The number of halogens is 4. The summed E-state index contributed by atoms with van der Waals surface area (Å²) in [7, 11) is 0. The van der Waals surface area contributed by atoms with Crippen molar-refractivity contribution in [3.05, 3.63) is 101 Å². The molecule has 8 heteroatoms. The van der Waals surface area contributed by atoms with Crippen molar-refractivity contribution < 1.29 is 22.7 Å². The van der Waals surface area contributed by atoms with Gasteiger partial charge in [0.1, 0.15) is 5.75 Å². The summed E-state index contributed by atoms with van der Waals surface area (Å²) >= 11 is 5.97. The summed E-state index contributed by atoms with van der Waals surface area (Å²) in [6, 6.07) is 21.0. The first-order chi connectivity index (χ1) is 15.8. The standard InChI is InChI=1S/C25H20ClF3N2O2/c26-19-11-9-17(10-12-19)15-31-16-21(20-6-2-3-7-22(20)31)24(32)30-14-13-18-5-1-4-8-23(18)33-25(27,28)29/h1-12,16H,13-15H2,(H,30,32). The number of fused-ring (bicyclic) bond motifs is 1. The van der Waals surface area contributed by atoms with Crippen molar-refractivity contribution in [3.8, 4) is 5.75 Å². The topological polar surface area (TPSA) is 43.3 Å². The predicted octanol–water partition coefficient (Wildman–Crippen LogP) is 6.21. The molecule has 170 valence electrons. The lowest BCUT2D eigenvalue weighted by Crippen LogP contribution is -2.26. The monoisotopic (exact) mass is 472 g/mol. The van der Waals surface area contributed by atoms with Gasteiger partial charge in [-0.25, -0.2) is 0 Å². The van der Waals surface area contributed by atoms with E-state index in [0.717, 1.165) is 16.5 Å². The molecule has 0 saturated heterocycles. The second-order valence-corrected chi connectivity index (χ2v) is 7.91. The first kappa shape index (κ1) is 22.7. The number of hydrogen-bond donors (Lipinski definition) is 1. The smallest absolute Gasteiger partial charge is 0.406 e. The van der Waals surface area contributed by atoms with Gasteiger partial charge in [0.2, 0.25) is 0 Å². The van der Waals surface area contributed by atoms with E-state index in [9.17, 15) is 18.0 Å². The van der Waals surface area contributed by atoms with Gasteiger partial charge in [-0.3, -0.25) is 4.79 Å². The van der Waals surface area contributed by atoms with Crippen molar-refractivity contribution in [1.82, 2.24) is 9.88 Å². The van der Waals surface area contributed by atoms with Crippen LogP contribution < -0.4 is 10.1 Å². The fraction of sp³-hybridized carbons (Fsp3) is 0.160. The van der Waals surface area contributed by atoms with Gasteiger partial charge in [0.25, 0.3) is 5.91 Å². The Kier molecular flexibility index (Phi) is 6.60. The zero-order valence-corrected chi connectivity index (χ0v) is 18.2. The number of aromatic nitrogens is 1. The van der Waals surface area contributed by atoms with E-state index in [2.05, 4.69) is 10.1 Å². The molecule has 4 nitrogen and oxygen atoms in total. The number of hydrogen-bond acceptors (Lipinski definition) is 2. The van der Waals surface area contributed by atoms with Crippen molar-refractivity contribution in [2.75, 3.05) is 6.54 Å². The molecular formula is C25H20ClF3N2O2. The Balaban J connectivity index is 1.49. The van der Waals surface area contributed by atoms with Crippen LogP contribution in [-0.4, -0.2) is 23.4 Å². The van der Waals surface area contributed by atoms with E-state index in [0.29, 0.717) is 22.7 Å². The Labute approximate surface area is 193 Å². The highest BCUT2D eigenvalue weighted by Crippen LogP contribution is 2.27. The van der Waals surface area contributed by atoms with E-state index in [-0.39, 0.29) is 24.6 Å². The highest BCUT2D eigenvalue weighted by atomic mass is 35.5. The number of amides is 1. The molecule has 4 rings (SSSR count). The number of carbonyl (C=O) groups excluding carboxylic acids is 1. The summed E-state index contributed by atoms with van der Waals surface area (Å²) in [4.78, 5) is 12.9. The van der Waals surface area contributed by atoms with Crippen LogP contribution >= 0.6 is 11.6 Å². The Bertz CT molecular complexity index is 1270. The predicted molar refractivity (Wildman–Crippen MR) is 122 cm³/mol. The number of ether oxygens (including phenoxy) is 1. The first-order valence-electron chi connectivity index (χ1n) is 10.2. The van der Waals surface area contributed by atoms with Gasteiger partial charge in [-0.05, 0) is 41.8 Å². The number of benzene rings is 3. The van der Waals surface area contributed by atoms with E-state index >= 15 is 0 Å². The van der Waals surface area contributed by atoms with Crippen molar-refractivity contribution in [2.24, 2.45) is 0 Å². The zero-order valence-electron chi connectivity index (χ0n) is 17.4. The van der Waals surface area contributed by atoms with Gasteiger partial charge in [-0.1, -0.05) is 60.1 Å². The van der Waals surface area contributed by atoms with Crippen LogP contribution in [0.15, 0.2) is 79.0 Å². The molecule has 0 aliphatic carbocycles. The quantitative estimate of drug-likeness (QED) is 0.347. The SMILES string of the molecule is O=C(NCCc1ccccc1OC(F)(F)F)c1cn(Cc2ccc(Cl)cc2)c2ccccc12. The molecule has 0 aliphatic rings. The average Bonchev–Trinajstić information content (AvgIpc) is 3.14. The summed E-state index contributed by atoms with van der Waals surface area (Å²) in [5.41, 5.74) is 2.80. The summed E-state index contributed by atoms with van der Waals surface area (Å²) in [6.07, 6.45) is -2.79. The van der Waals surface area contributed by atoms with Crippen LogP contribution in [0.3, 0.4) is 0 Å². The molecule has 0 saturated carbocycles. The van der Waals surface area contributed by atoms with Crippen LogP contribution in [-0.2, 0) is 13.0 Å². The summed E-state index contributed by atoms with van der Waals surface area (Å²) in [5.74, 6) is -0.561. The number of para-hydroxylation sites is 2. The number of alkyl halides is 3. The van der Waals surface area contributed by atoms with Crippen LogP contribution in [0.1, 0.15) is 21.5 Å². The molecule has 0 spiro atoms. The van der Waals surface area contributed by atoms with Crippen molar-refractivity contribution in [1.29, 1.82) is 0 Å². The molecule has 0 bridgehead atoms. The number of carbonyl (C=O) groups is 1. The minimum atomic E-state index is -4.77. The van der Waals surface area contributed by atoms with Gasteiger partial charge in [0.05, 0.1) is 5.56 Å². The second kappa shape index (κ2) is 9.58. The second-order valence-electron chi connectivity index (χ2n) is 7.48. The summed E-state index contributed by atoms with van der Waals surface area (Å²) < 4.78 is 43.9. The van der Waals surface area contributed by atoms with Crippen LogP contribution in [0.2, 0.25) is 5.02 Å². The molecule has 0 aliphatic heterocycles. The lowest BCUT2D eigenvalue weighted by Gasteiger charge is -2.13.